The number of para-hydroxylation sites is 1. The van der Waals surface area contributed by atoms with Crippen molar-refractivity contribution < 1.29 is 14.7 Å². The van der Waals surface area contributed by atoms with Gasteiger partial charge in [-0.25, -0.2) is 14.8 Å². The van der Waals surface area contributed by atoms with Crippen molar-refractivity contribution in [3.05, 3.63) is 83.0 Å². The number of nitriles is 1. The van der Waals surface area contributed by atoms with Crippen LogP contribution in [0.1, 0.15) is 59.8 Å². The van der Waals surface area contributed by atoms with Crippen molar-refractivity contribution in [3.8, 4) is 17.3 Å². The van der Waals surface area contributed by atoms with Gasteiger partial charge >= 0.3 is 5.97 Å². The van der Waals surface area contributed by atoms with E-state index in [0.29, 0.717) is 32.9 Å². The van der Waals surface area contributed by atoms with Crippen molar-refractivity contribution in [1.29, 1.82) is 5.26 Å². The lowest BCUT2D eigenvalue weighted by molar-refractivity contribution is -0.115. The Bertz CT molecular complexity index is 1590. The van der Waals surface area contributed by atoms with Crippen molar-refractivity contribution in [3.63, 3.8) is 0 Å². The zero-order valence-corrected chi connectivity index (χ0v) is 22.4. The number of carboxylic acids is 1. The van der Waals surface area contributed by atoms with Crippen molar-refractivity contribution in [1.82, 2.24) is 9.97 Å². The molecule has 1 amide bonds. The maximum atomic E-state index is 13.0. The zero-order valence-electron chi connectivity index (χ0n) is 21.6. The third kappa shape index (κ3) is 5.94. The second-order valence-corrected chi connectivity index (χ2v) is 11.0. The smallest absolute Gasteiger partial charge is 0.336 e. The standard InChI is InChI=1S/C31H28N4O3S/c1-19(39-30-22(18-32)16-21-8-4-2-3-5-10-26(21)35-30)29(36)33-23-14-12-20(13-15-23)28-17-25(31(37)38)24-9-6-7-11-27(24)34-28/h6-7,9,11-17,19H,2-5,8,10H2,1H3,(H,33,36)(H,37,38). The number of aryl methyl sites for hydroxylation is 2. The molecular formula is C31H28N4O3S. The molecule has 5 rings (SSSR count). The van der Waals surface area contributed by atoms with Gasteiger partial charge in [0, 0.05) is 22.3 Å². The number of rotatable bonds is 6. The van der Waals surface area contributed by atoms with Crippen LogP contribution < -0.4 is 5.32 Å². The molecule has 39 heavy (non-hydrogen) atoms. The van der Waals surface area contributed by atoms with Gasteiger partial charge < -0.3 is 10.4 Å². The van der Waals surface area contributed by atoms with Crippen LogP contribution in [0.3, 0.4) is 0 Å². The van der Waals surface area contributed by atoms with Crippen LogP contribution in [0.4, 0.5) is 5.69 Å². The van der Waals surface area contributed by atoms with Gasteiger partial charge in [-0.1, -0.05) is 54.9 Å². The highest BCUT2D eigenvalue weighted by atomic mass is 32.2. The van der Waals surface area contributed by atoms with Crippen LogP contribution in [-0.4, -0.2) is 32.2 Å². The number of nitrogens with zero attached hydrogens (tertiary/aromatic N) is 3. The second-order valence-electron chi connectivity index (χ2n) is 9.68. The Morgan fingerprint density at radius 3 is 2.49 bits per heavy atom. The molecule has 0 spiro atoms. The maximum absolute atomic E-state index is 13.0. The number of carboxylic acid groups (broad SMARTS) is 1. The number of fused-ring (bicyclic) bond motifs is 2. The number of hydrogen-bond acceptors (Lipinski definition) is 6. The van der Waals surface area contributed by atoms with Gasteiger partial charge in [-0.3, -0.25) is 4.79 Å². The first-order valence-electron chi connectivity index (χ1n) is 13.1. The van der Waals surface area contributed by atoms with Gasteiger partial charge in [0.1, 0.15) is 11.1 Å². The predicted molar refractivity (Wildman–Crippen MR) is 153 cm³/mol. The predicted octanol–water partition coefficient (Wildman–Crippen LogP) is 6.64. The zero-order chi connectivity index (χ0) is 27.4. The number of aromatic nitrogens is 2. The quantitative estimate of drug-likeness (QED) is 0.265. The van der Waals surface area contributed by atoms with Crippen LogP contribution in [0.2, 0.25) is 0 Å². The molecule has 4 aromatic rings. The van der Waals surface area contributed by atoms with Crippen molar-refractivity contribution in [2.24, 2.45) is 0 Å². The Balaban J connectivity index is 1.30. The van der Waals surface area contributed by atoms with Crippen molar-refractivity contribution in [2.45, 2.75) is 55.7 Å². The highest BCUT2D eigenvalue weighted by Crippen LogP contribution is 2.30. The molecule has 2 aromatic carbocycles. The largest absolute Gasteiger partial charge is 0.478 e. The summed E-state index contributed by atoms with van der Waals surface area (Å²) in [4.78, 5) is 34.3. The molecule has 1 unspecified atom stereocenters. The number of carbonyl (C=O) groups is 2. The number of amides is 1. The average molecular weight is 537 g/mol. The number of nitrogens with one attached hydrogen (secondary N) is 1. The summed E-state index contributed by atoms with van der Waals surface area (Å²) >= 11 is 1.30. The molecule has 8 heteroatoms. The molecule has 0 saturated carbocycles. The van der Waals surface area contributed by atoms with E-state index in [1.165, 1.54) is 24.6 Å². The van der Waals surface area contributed by atoms with E-state index in [1.807, 2.05) is 12.1 Å². The first-order valence-corrected chi connectivity index (χ1v) is 13.9. The fourth-order valence-corrected chi connectivity index (χ4v) is 5.72. The number of benzene rings is 2. The SMILES string of the molecule is CC(Sc1nc2c(cc1C#N)CCCCCC2)C(=O)Nc1ccc(-c2cc(C(=O)O)c3ccccc3n2)cc1. The summed E-state index contributed by atoms with van der Waals surface area (Å²) in [7, 11) is 0. The third-order valence-corrected chi connectivity index (χ3v) is 8.04. The molecule has 0 aliphatic heterocycles. The maximum Gasteiger partial charge on any atom is 0.336 e. The van der Waals surface area contributed by atoms with E-state index >= 15 is 0 Å². The summed E-state index contributed by atoms with van der Waals surface area (Å²) in [5.41, 5.74) is 5.42. The summed E-state index contributed by atoms with van der Waals surface area (Å²) in [6.07, 6.45) is 6.45. The molecule has 2 N–H and O–H groups in total. The van der Waals surface area contributed by atoms with E-state index < -0.39 is 11.2 Å². The first kappa shape index (κ1) is 26.4. The van der Waals surface area contributed by atoms with E-state index in [-0.39, 0.29) is 11.5 Å². The Labute approximate surface area is 231 Å². The minimum Gasteiger partial charge on any atom is -0.478 e. The van der Waals surface area contributed by atoms with Crippen LogP contribution in [0.15, 0.2) is 65.7 Å². The number of carbonyl (C=O) groups excluding carboxylic acids is 1. The number of aromatic carboxylic acids is 1. The summed E-state index contributed by atoms with van der Waals surface area (Å²) in [6.45, 7) is 1.81. The molecule has 1 atom stereocenters. The molecule has 196 valence electrons. The summed E-state index contributed by atoms with van der Waals surface area (Å²) in [5.74, 6) is -1.20. The number of pyridine rings is 2. The van der Waals surface area contributed by atoms with Crippen LogP contribution in [-0.2, 0) is 17.6 Å². The second kappa shape index (κ2) is 11.7. The summed E-state index contributed by atoms with van der Waals surface area (Å²) in [5, 5.41) is 23.0. The molecule has 1 aliphatic carbocycles. The lowest BCUT2D eigenvalue weighted by Gasteiger charge is -2.17. The topological polar surface area (TPSA) is 116 Å². The fraction of sp³-hybridized carbons (Fsp3) is 0.258. The van der Waals surface area contributed by atoms with Crippen LogP contribution in [0.25, 0.3) is 22.2 Å². The lowest BCUT2D eigenvalue weighted by atomic mass is 9.96. The molecule has 0 bridgehead atoms. The lowest BCUT2D eigenvalue weighted by Crippen LogP contribution is -2.22. The Hall–Kier alpha value is -4.22. The van der Waals surface area contributed by atoms with E-state index in [4.69, 9.17) is 4.98 Å². The van der Waals surface area contributed by atoms with Crippen LogP contribution in [0, 0.1) is 11.3 Å². The van der Waals surface area contributed by atoms with Gasteiger partial charge in [0.05, 0.1) is 27.6 Å². The van der Waals surface area contributed by atoms with Gasteiger partial charge in [-0.15, -0.1) is 0 Å². The van der Waals surface area contributed by atoms with Gasteiger partial charge in [0.15, 0.2) is 0 Å². The molecule has 0 radical (unpaired) electrons. The average Bonchev–Trinajstić information content (AvgIpc) is 2.93. The van der Waals surface area contributed by atoms with E-state index in [0.717, 1.165) is 42.5 Å². The Morgan fingerprint density at radius 1 is 1.00 bits per heavy atom. The molecular weight excluding hydrogens is 508 g/mol. The third-order valence-electron chi connectivity index (χ3n) is 6.94. The van der Waals surface area contributed by atoms with Crippen LogP contribution >= 0.6 is 11.8 Å². The van der Waals surface area contributed by atoms with Gasteiger partial charge in [0.25, 0.3) is 0 Å². The Morgan fingerprint density at radius 2 is 1.74 bits per heavy atom. The van der Waals surface area contributed by atoms with Crippen LogP contribution in [0.5, 0.6) is 0 Å². The molecule has 1 aliphatic rings. The minimum absolute atomic E-state index is 0.192. The van der Waals surface area contributed by atoms with E-state index in [2.05, 4.69) is 16.4 Å². The van der Waals surface area contributed by atoms with E-state index in [9.17, 15) is 20.0 Å². The monoisotopic (exact) mass is 536 g/mol. The number of anilines is 1. The summed E-state index contributed by atoms with van der Waals surface area (Å²) < 4.78 is 0. The van der Waals surface area contributed by atoms with Gasteiger partial charge in [-0.05, 0) is 68.5 Å². The van der Waals surface area contributed by atoms with Crippen molar-refractivity contribution >= 4 is 40.2 Å². The van der Waals surface area contributed by atoms with E-state index in [1.54, 1.807) is 55.5 Å². The molecule has 0 fully saturated rings. The highest BCUT2D eigenvalue weighted by Gasteiger charge is 2.20. The van der Waals surface area contributed by atoms with Gasteiger partial charge in [0.2, 0.25) is 5.91 Å². The molecule has 0 saturated heterocycles. The minimum atomic E-state index is -1.01. The highest BCUT2D eigenvalue weighted by molar-refractivity contribution is 8.00. The number of hydrogen-bond donors (Lipinski definition) is 2. The van der Waals surface area contributed by atoms with Gasteiger partial charge in [-0.2, -0.15) is 5.26 Å². The molecule has 2 aromatic heterocycles. The first-order chi connectivity index (χ1) is 18.9. The molecule has 2 heterocycles. The Kier molecular flexibility index (Phi) is 7.89. The fourth-order valence-electron chi connectivity index (χ4n) is 4.83. The molecule has 7 nitrogen and oxygen atoms in total. The number of thioether (sulfide) groups is 1. The normalized spacial score (nSPS) is 13.9. The summed E-state index contributed by atoms with van der Waals surface area (Å²) in [6, 6.07) is 20.1. The van der Waals surface area contributed by atoms with Crippen molar-refractivity contribution in [2.75, 3.05) is 5.32 Å².